The molecule has 3 N–H and O–H groups in total. The van der Waals surface area contributed by atoms with Gasteiger partial charge in [-0.2, -0.15) is 0 Å². The zero-order valence-electron chi connectivity index (χ0n) is 17.8. The van der Waals surface area contributed by atoms with Crippen LogP contribution in [-0.4, -0.2) is 67.3 Å². The topological polar surface area (TPSA) is 108 Å². The van der Waals surface area contributed by atoms with E-state index in [1.165, 1.54) is 6.92 Å². The van der Waals surface area contributed by atoms with Gasteiger partial charge in [-0.25, -0.2) is 4.79 Å². The van der Waals surface area contributed by atoms with Crippen molar-refractivity contribution in [3.05, 3.63) is 59.7 Å². The van der Waals surface area contributed by atoms with Crippen molar-refractivity contribution >= 4 is 18.0 Å². The van der Waals surface area contributed by atoms with Gasteiger partial charge in [0.1, 0.15) is 18.7 Å². The summed E-state index contributed by atoms with van der Waals surface area (Å²) in [6.45, 7) is 1.68. The Labute approximate surface area is 181 Å². The van der Waals surface area contributed by atoms with Crippen molar-refractivity contribution in [1.29, 1.82) is 0 Å². The van der Waals surface area contributed by atoms with Crippen LogP contribution in [0.25, 0.3) is 11.1 Å². The Morgan fingerprint density at radius 3 is 2.06 bits per heavy atom. The van der Waals surface area contributed by atoms with Crippen molar-refractivity contribution in [1.82, 2.24) is 15.5 Å². The zero-order chi connectivity index (χ0) is 22.5. The van der Waals surface area contributed by atoms with Crippen LogP contribution in [0.5, 0.6) is 0 Å². The highest BCUT2D eigenvalue weighted by Crippen LogP contribution is 2.44. The first-order valence-electron chi connectivity index (χ1n) is 10.1. The number of hydrogen-bond donors (Lipinski definition) is 3. The molecule has 8 nitrogen and oxygen atoms in total. The highest BCUT2D eigenvalue weighted by molar-refractivity contribution is 5.89. The second kappa shape index (κ2) is 9.61. The Kier molecular flexibility index (Phi) is 6.91. The molecule has 0 radical (unpaired) electrons. The number of rotatable bonds is 8. The van der Waals surface area contributed by atoms with Gasteiger partial charge in [0.25, 0.3) is 0 Å². The number of hydrogen-bond acceptors (Lipinski definition) is 5. The summed E-state index contributed by atoms with van der Waals surface area (Å²) in [5.74, 6) is -1.83. The van der Waals surface area contributed by atoms with Gasteiger partial charge < -0.3 is 25.4 Å². The van der Waals surface area contributed by atoms with E-state index < -0.39 is 30.1 Å². The lowest BCUT2D eigenvalue weighted by Crippen LogP contribution is -2.54. The van der Waals surface area contributed by atoms with Gasteiger partial charge in [-0.05, 0) is 43.3 Å². The molecule has 164 valence electrons. The Morgan fingerprint density at radius 2 is 1.55 bits per heavy atom. The third-order valence-electron chi connectivity index (χ3n) is 5.23. The molecule has 1 aliphatic rings. The lowest BCUT2D eigenvalue weighted by atomic mass is 9.98. The second-order valence-electron chi connectivity index (χ2n) is 7.85. The number of ether oxygens (including phenoxy) is 1. The molecule has 1 aliphatic carbocycles. The normalized spacial score (nSPS) is 14.3. The minimum absolute atomic E-state index is 0.0914. The summed E-state index contributed by atoms with van der Waals surface area (Å²) < 4.78 is 5.49. The molecule has 2 unspecified atom stereocenters. The van der Waals surface area contributed by atoms with Crippen molar-refractivity contribution < 1.29 is 24.2 Å². The first-order chi connectivity index (χ1) is 14.8. The van der Waals surface area contributed by atoms with Gasteiger partial charge in [-0.1, -0.05) is 48.5 Å². The Hall–Kier alpha value is -3.39. The van der Waals surface area contributed by atoms with Crippen LogP contribution in [0.3, 0.4) is 0 Å². The van der Waals surface area contributed by atoms with Gasteiger partial charge in [0.15, 0.2) is 0 Å². The minimum Gasteiger partial charge on any atom is -0.480 e. The van der Waals surface area contributed by atoms with Crippen molar-refractivity contribution in [2.75, 3.05) is 27.2 Å². The van der Waals surface area contributed by atoms with E-state index in [-0.39, 0.29) is 19.1 Å². The highest BCUT2D eigenvalue weighted by Gasteiger charge is 2.30. The van der Waals surface area contributed by atoms with E-state index in [0.29, 0.717) is 0 Å². The summed E-state index contributed by atoms with van der Waals surface area (Å²) in [4.78, 5) is 37.7. The van der Waals surface area contributed by atoms with Crippen molar-refractivity contribution in [2.45, 2.75) is 24.9 Å². The van der Waals surface area contributed by atoms with Crippen LogP contribution in [0.15, 0.2) is 48.5 Å². The van der Waals surface area contributed by atoms with Crippen LogP contribution >= 0.6 is 0 Å². The van der Waals surface area contributed by atoms with E-state index >= 15 is 0 Å². The van der Waals surface area contributed by atoms with Crippen LogP contribution in [0, 0.1) is 0 Å². The lowest BCUT2D eigenvalue weighted by molar-refractivity contribution is -0.141. The molecule has 2 aromatic rings. The predicted molar refractivity (Wildman–Crippen MR) is 116 cm³/mol. The van der Waals surface area contributed by atoms with E-state index in [9.17, 15) is 14.4 Å². The largest absolute Gasteiger partial charge is 0.480 e. The highest BCUT2D eigenvalue weighted by atomic mass is 16.5. The van der Waals surface area contributed by atoms with Gasteiger partial charge >= 0.3 is 12.1 Å². The summed E-state index contributed by atoms with van der Waals surface area (Å²) >= 11 is 0. The first-order valence-corrected chi connectivity index (χ1v) is 10.1. The number of carboxylic acids is 1. The van der Waals surface area contributed by atoms with Crippen molar-refractivity contribution in [2.24, 2.45) is 0 Å². The molecule has 0 saturated heterocycles. The molecular weight excluding hydrogens is 398 g/mol. The molecule has 0 spiro atoms. The Bertz CT molecular complexity index is 930. The maximum absolute atomic E-state index is 12.5. The van der Waals surface area contributed by atoms with E-state index in [0.717, 1.165) is 22.3 Å². The Balaban J connectivity index is 1.66. The number of carbonyl (C=O) groups is 3. The smallest absolute Gasteiger partial charge is 0.407 e. The van der Waals surface area contributed by atoms with Crippen LogP contribution in [0.2, 0.25) is 0 Å². The van der Waals surface area contributed by atoms with Crippen LogP contribution < -0.4 is 10.6 Å². The molecule has 3 rings (SSSR count). The number of likely N-dealkylation sites (N-methyl/N-ethyl adjacent to an activating group) is 1. The summed E-state index contributed by atoms with van der Waals surface area (Å²) in [5, 5.41) is 13.9. The number of amides is 2. The summed E-state index contributed by atoms with van der Waals surface area (Å²) in [6, 6.07) is 14.0. The molecular formula is C23H27N3O5. The summed E-state index contributed by atoms with van der Waals surface area (Å²) in [5.41, 5.74) is 4.43. The van der Waals surface area contributed by atoms with E-state index in [1.54, 1.807) is 19.0 Å². The SMILES string of the molecule is CC(NC(=O)C(CN(C)C)NC(=O)OCC1c2ccccc2-c2ccccc21)C(=O)O. The number of nitrogens with one attached hydrogen (secondary N) is 2. The van der Waals surface area contributed by atoms with E-state index in [1.807, 2.05) is 36.4 Å². The van der Waals surface area contributed by atoms with Gasteiger partial charge in [-0.15, -0.1) is 0 Å². The molecule has 8 heteroatoms. The van der Waals surface area contributed by atoms with Gasteiger partial charge in [0.2, 0.25) is 5.91 Å². The molecule has 0 bridgehead atoms. The summed E-state index contributed by atoms with van der Waals surface area (Å²) in [6.07, 6.45) is -0.730. The molecule has 0 aliphatic heterocycles. The standard InChI is InChI=1S/C23H27N3O5/c1-14(22(28)29)24-21(27)20(12-26(2)3)25-23(30)31-13-19-17-10-6-4-8-15(17)16-9-5-7-11-18(16)19/h4-11,14,19-20H,12-13H2,1-3H3,(H,24,27)(H,25,30)(H,28,29). The predicted octanol–water partition coefficient (Wildman–Crippen LogP) is 2.04. The Morgan fingerprint density at radius 1 is 1.00 bits per heavy atom. The van der Waals surface area contributed by atoms with Crippen LogP contribution in [0.4, 0.5) is 4.79 Å². The molecule has 0 saturated carbocycles. The third-order valence-corrected chi connectivity index (χ3v) is 5.23. The monoisotopic (exact) mass is 425 g/mol. The van der Waals surface area contributed by atoms with Crippen molar-refractivity contribution in [3.63, 3.8) is 0 Å². The van der Waals surface area contributed by atoms with Gasteiger partial charge in [-0.3, -0.25) is 9.59 Å². The van der Waals surface area contributed by atoms with E-state index in [2.05, 4.69) is 22.8 Å². The minimum atomic E-state index is -1.15. The maximum atomic E-state index is 12.5. The molecule has 2 aromatic carbocycles. The number of carbonyl (C=O) groups excluding carboxylic acids is 2. The third kappa shape index (κ3) is 5.21. The zero-order valence-corrected chi connectivity index (χ0v) is 17.8. The molecule has 0 fully saturated rings. The molecule has 0 aromatic heterocycles. The number of alkyl carbamates (subject to hydrolysis) is 1. The van der Waals surface area contributed by atoms with Crippen LogP contribution in [-0.2, 0) is 14.3 Å². The quantitative estimate of drug-likeness (QED) is 0.597. The summed E-state index contributed by atoms with van der Waals surface area (Å²) in [7, 11) is 3.50. The van der Waals surface area contributed by atoms with E-state index in [4.69, 9.17) is 9.84 Å². The molecule has 0 heterocycles. The lowest BCUT2D eigenvalue weighted by Gasteiger charge is -2.23. The molecule has 2 atom stereocenters. The van der Waals surface area contributed by atoms with Crippen molar-refractivity contribution in [3.8, 4) is 11.1 Å². The van der Waals surface area contributed by atoms with Gasteiger partial charge in [0, 0.05) is 12.5 Å². The fourth-order valence-corrected chi connectivity index (χ4v) is 3.72. The fourth-order valence-electron chi connectivity index (χ4n) is 3.72. The fraction of sp³-hybridized carbons (Fsp3) is 0.348. The number of benzene rings is 2. The van der Waals surface area contributed by atoms with Crippen LogP contribution in [0.1, 0.15) is 24.0 Å². The number of fused-ring (bicyclic) bond motifs is 3. The number of carboxylic acid groups (broad SMARTS) is 1. The van der Waals surface area contributed by atoms with Gasteiger partial charge in [0.05, 0.1) is 0 Å². The maximum Gasteiger partial charge on any atom is 0.407 e. The first kappa shape index (κ1) is 22.3. The second-order valence-corrected chi connectivity index (χ2v) is 7.85. The number of aliphatic carboxylic acids is 1. The average molecular weight is 425 g/mol. The number of nitrogens with zero attached hydrogens (tertiary/aromatic N) is 1. The molecule has 31 heavy (non-hydrogen) atoms. The molecule has 2 amide bonds. The average Bonchev–Trinajstić information content (AvgIpc) is 3.05.